The Morgan fingerprint density at radius 1 is 1.11 bits per heavy atom. The van der Waals surface area contributed by atoms with Crippen LogP contribution in [0.1, 0.15) is 48.4 Å². The lowest BCUT2D eigenvalue weighted by Crippen LogP contribution is -2.37. The number of nitrogens with zero attached hydrogens (tertiary/aromatic N) is 3. The van der Waals surface area contributed by atoms with E-state index in [0.29, 0.717) is 6.54 Å². The smallest absolute Gasteiger partial charge is 0.369 e. The van der Waals surface area contributed by atoms with Gasteiger partial charge in [-0.1, -0.05) is 19.9 Å². The van der Waals surface area contributed by atoms with Gasteiger partial charge in [-0.2, -0.15) is 0 Å². The molecule has 0 fully saturated rings. The molecule has 0 saturated carbocycles. The zero-order chi connectivity index (χ0) is 20.6. The monoisotopic (exact) mass is 387 g/mol. The Morgan fingerprint density at radius 3 is 2.46 bits per heavy atom. The van der Waals surface area contributed by atoms with Crippen LogP contribution in [-0.4, -0.2) is 42.1 Å². The van der Waals surface area contributed by atoms with Crippen LogP contribution in [0.3, 0.4) is 0 Å². The molecule has 0 unspecified atom stereocenters. The molecule has 148 valence electrons. The van der Waals surface area contributed by atoms with Crippen LogP contribution in [0.15, 0.2) is 40.1 Å². The van der Waals surface area contributed by atoms with Crippen molar-refractivity contribution in [1.29, 1.82) is 0 Å². The maximum Gasteiger partial charge on any atom is 0.369 e. The number of imide groups is 1. The Morgan fingerprint density at radius 2 is 1.82 bits per heavy atom. The van der Waals surface area contributed by atoms with Gasteiger partial charge in [0, 0.05) is 20.4 Å². The van der Waals surface area contributed by atoms with E-state index in [-0.39, 0.29) is 40.3 Å². The molecular formula is C19H21N3O6. The van der Waals surface area contributed by atoms with Gasteiger partial charge in [0.25, 0.3) is 23.3 Å². The summed E-state index contributed by atoms with van der Waals surface area (Å²) in [7, 11) is 1.33. The van der Waals surface area contributed by atoms with Crippen molar-refractivity contribution in [2.24, 2.45) is 16.1 Å². The highest BCUT2D eigenvalue weighted by molar-refractivity contribution is 6.23. The van der Waals surface area contributed by atoms with Gasteiger partial charge in [-0.15, -0.1) is 10.2 Å². The topological polar surface area (TPSA) is 107 Å². The Hall–Kier alpha value is -3.23. The second-order valence-electron chi connectivity index (χ2n) is 7.25. The number of ether oxygens (including phenoxy) is 3. The van der Waals surface area contributed by atoms with Crippen molar-refractivity contribution >= 4 is 23.5 Å². The van der Waals surface area contributed by atoms with Crippen molar-refractivity contribution in [3.05, 3.63) is 41.0 Å². The highest BCUT2D eigenvalue weighted by Crippen LogP contribution is 2.33. The standard InChI is InChI=1S/C19H21N3O6/c1-10(2)9-22-15(23)11-7-6-8-12(13(11)16(22)24)20-21-14-17(25)27-19(3,4)28-18(14)26-5/h6-8,10H,9H2,1-5H3. The molecule has 0 aromatic heterocycles. The molecule has 0 aliphatic carbocycles. The van der Waals surface area contributed by atoms with E-state index >= 15 is 0 Å². The van der Waals surface area contributed by atoms with Crippen LogP contribution < -0.4 is 0 Å². The molecule has 2 heterocycles. The predicted molar refractivity (Wildman–Crippen MR) is 96.5 cm³/mol. The van der Waals surface area contributed by atoms with Crippen molar-refractivity contribution in [2.45, 2.75) is 33.5 Å². The quantitative estimate of drug-likeness (QED) is 0.436. The first-order valence-electron chi connectivity index (χ1n) is 8.76. The molecular weight excluding hydrogens is 366 g/mol. The molecule has 0 saturated heterocycles. The van der Waals surface area contributed by atoms with E-state index in [2.05, 4.69) is 10.2 Å². The first kappa shape index (κ1) is 19.5. The molecule has 2 amide bonds. The molecule has 1 aromatic rings. The summed E-state index contributed by atoms with van der Waals surface area (Å²) in [5.74, 6) is -2.79. The first-order valence-corrected chi connectivity index (χ1v) is 8.76. The molecule has 9 nitrogen and oxygen atoms in total. The number of amides is 2. The fourth-order valence-electron chi connectivity index (χ4n) is 2.90. The second-order valence-corrected chi connectivity index (χ2v) is 7.25. The molecule has 2 aliphatic rings. The van der Waals surface area contributed by atoms with Gasteiger partial charge in [-0.25, -0.2) is 4.79 Å². The lowest BCUT2D eigenvalue weighted by molar-refractivity contribution is -0.224. The van der Waals surface area contributed by atoms with Gasteiger partial charge in [-0.3, -0.25) is 14.5 Å². The summed E-state index contributed by atoms with van der Waals surface area (Å²) < 4.78 is 15.6. The van der Waals surface area contributed by atoms with Crippen LogP contribution in [0.2, 0.25) is 0 Å². The Kier molecular flexibility index (Phi) is 4.93. The van der Waals surface area contributed by atoms with E-state index in [0.717, 1.165) is 0 Å². The third-order valence-electron chi connectivity index (χ3n) is 4.03. The Bertz CT molecular complexity index is 916. The fourth-order valence-corrected chi connectivity index (χ4v) is 2.90. The molecule has 2 aliphatic heterocycles. The van der Waals surface area contributed by atoms with Gasteiger partial charge >= 0.3 is 11.9 Å². The van der Waals surface area contributed by atoms with Crippen molar-refractivity contribution in [2.75, 3.05) is 13.7 Å². The van der Waals surface area contributed by atoms with Crippen molar-refractivity contribution in [3.63, 3.8) is 0 Å². The normalized spacial score (nSPS) is 18.6. The lowest BCUT2D eigenvalue weighted by atomic mass is 10.1. The maximum atomic E-state index is 12.7. The molecule has 3 rings (SSSR count). The zero-order valence-corrected chi connectivity index (χ0v) is 16.3. The summed E-state index contributed by atoms with van der Waals surface area (Å²) in [6, 6.07) is 4.70. The van der Waals surface area contributed by atoms with Crippen molar-refractivity contribution in [1.82, 2.24) is 4.90 Å². The van der Waals surface area contributed by atoms with Crippen LogP contribution in [-0.2, 0) is 19.0 Å². The number of esters is 1. The number of carbonyl (C=O) groups excluding carboxylic acids is 3. The van der Waals surface area contributed by atoms with Crippen molar-refractivity contribution in [3.8, 4) is 0 Å². The van der Waals surface area contributed by atoms with Crippen molar-refractivity contribution < 1.29 is 28.6 Å². The third kappa shape index (κ3) is 3.47. The minimum Gasteiger partial charge on any atom is -0.467 e. The van der Waals surface area contributed by atoms with Gasteiger partial charge in [-0.05, 0) is 18.1 Å². The summed E-state index contributed by atoms with van der Waals surface area (Å²) in [6.45, 7) is 7.24. The van der Waals surface area contributed by atoms with Gasteiger partial charge in [0.2, 0.25) is 0 Å². The molecule has 0 spiro atoms. The number of fused-ring (bicyclic) bond motifs is 1. The molecule has 0 bridgehead atoms. The molecule has 0 atom stereocenters. The van der Waals surface area contributed by atoms with E-state index in [1.54, 1.807) is 32.0 Å². The number of rotatable bonds is 5. The average Bonchev–Trinajstić information content (AvgIpc) is 2.85. The largest absolute Gasteiger partial charge is 0.467 e. The highest BCUT2D eigenvalue weighted by Gasteiger charge is 2.39. The van der Waals surface area contributed by atoms with Gasteiger partial charge < -0.3 is 14.2 Å². The number of azo groups is 1. The molecule has 0 N–H and O–H groups in total. The third-order valence-corrected chi connectivity index (χ3v) is 4.03. The molecule has 9 heteroatoms. The molecule has 1 aromatic carbocycles. The number of carbonyl (C=O) groups is 3. The van der Waals surface area contributed by atoms with E-state index in [9.17, 15) is 14.4 Å². The van der Waals surface area contributed by atoms with E-state index in [4.69, 9.17) is 14.2 Å². The number of hydrogen-bond acceptors (Lipinski definition) is 8. The number of hydrogen-bond donors (Lipinski definition) is 0. The van der Waals surface area contributed by atoms with E-state index < -0.39 is 17.7 Å². The van der Waals surface area contributed by atoms with Crippen LogP contribution >= 0.6 is 0 Å². The fraction of sp³-hybridized carbons (Fsp3) is 0.421. The Balaban J connectivity index is 1.98. The number of methoxy groups -OCH3 is 1. The lowest BCUT2D eigenvalue weighted by Gasteiger charge is -2.30. The van der Waals surface area contributed by atoms with Crippen LogP contribution in [0.4, 0.5) is 5.69 Å². The summed E-state index contributed by atoms with van der Waals surface area (Å²) in [5, 5.41) is 7.88. The SMILES string of the molecule is COC1=C(N=Nc2cccc3c2C(=O)N(CC(C)C)C3=O)C(=O)OC(C)(C)O1. The number of benzene rings is 1. The molecule has 28 heavy (non-hydrogen) atoms. The van der Waals surface area contributed by atoms with Crippen LogP contribution in [0.25, 0.3) is 0 Å². The predicted octanol–water partition coefficient (Wildman–Crippen LogP) is 3.15. The van der Waals surface area contributed by atoms with Gasteiger partial charge in [0.1, 0.15) is 0 Å². The highest BCUT2D eigenvalue weighted by atomic mass is 16.8. The van der Waals surface area contributed by atoms with E-state index in [1.807, 2.05) is 13.8 Å². The van der Waals surface area contributed by atoms with Crippen LogP contribution in [0, 0.1) is 5.92 Å². The minimum atomic E-state index is -1.20. The van der Waals surface area contributed by atoms with Gasteiger partial charge in [0.05, 0.1) is 23.9 Å². The summed E-state index contributed by atoms with van der Waals surface area (Å²) in [4.78, 5) is 38.7. The summed E-state index contributed by atoms with van der Waals surface area (Å²) in [6.07, 6.45) is 0. The minimum absolute atomic E-state index is 0.124. The second kappa shape index (κ2) is 7.06. The van der Waals surface area contributed by atoms with Gasteiger partial charge in [0.15, 0.2) is 0 Å². The first-order chi connectivity index (χ1) is 13.1. The zero-order valence-electron chi connectivity index (χ0n) is 16.3. The summed E-state index contributed by atoms with van der Waals surface area (Å²) >= 11 is 0. The molecule has 0 radical (unpaired) electrons. The maximum absolute atomic E-state index is 12.7. The average molecular weight is 387 g/mol. The summed E-state index contributed by atoms with van der Waals surface area (Å²) in [5.41, 5.74) is 0.312. The van der Waals surface area contributed by atoms with E-state index in [1.165, 1.54) is 12.0 Å². The number of cyclic esters (lactones) is 1. The Labute approximate surface area is 162 Å². The van der Waals surface area contributed by atoms with Crippen LogP contribution in [0.5, 0.6) is 0 Å².